The molecule has 106 valence electrons. The van der Waals surface area contributed by atoms with E-state index in [9.17, 15) is 0 Å². The van der Waals surface area contributed by atoms with Crippen molar-refractivity contribution in [3.63, 3.8) is 0 Å². The molecule has 0 amide bonds. The topological polar surface area (TPSA) is 34.1 Å². The van der Waals surface area contributed by atoms with E-state index in [1.54, 1.807) is 11.3 Å². The minimum Gasteiger partial charge on any atom is -0.377 e. The first-order valence-corrected chi connectivity index (χ1v) is 8.12. The zero-order chi connectivity index (χ0) is 13.6. The summed E-state index contributed by atoms with van der Waals surface area (Å²) < 4.78 is 5.71. The fourth-order valence-corrected chi connectivity index (χ4v) is 3.21. The summed E-state index contributed by atoms with van der Waals surface area (Å²) in [6.07, 6.45) is 4.07. The van der Waals surface area contributed by atoms with Crippen LogP contribution in [0.3, 0.4) is 0 Å². The van der Waals surface area contributed by atoms with E-state index in [2.05, 4.69) is 27.8 Å². The zero-order valence-corrected chi connectivity index (χ0v) is 12.4. The lowest BCUT2D eigenvalue weighted by molar-refractivity contribution is 0.0168. The summed E-state index contributed by atoms with van der Waals surface area (Å²) in [4.78, 5) is 4.68. The highest BCUT2D eigenvalue weighted by atomic mass is 32.1. The van der Waals surface area contributed by atoms with Gasteiger partial charge in [0.2, 0.25) is 0 Å². The van der Waals surface area contributed by atoms with Crippen LogP contribution in [0, 0.1) is 0 Å². The molecule has 0 radical (unpaired) electrons. The second-order valence-electron chi connectivity index (χ2n) is 5.11. The molecule has 1 N–H and O–H groups in total. The van der Waals surface area contributed by atoms with Gasteiger partial charge in [-0.25, -0.2) is 4.98 Å². The third kappa shape index (κ3) is 3.66. The Bertz CT molecular complexity index is 520. The molecule has 1 fully saturated rings. The van der Waals surface area contributed by atoms with E-state index in [4.69, 9.17) is 4.74 Å². The molecule has 0 aliphatic carbocycles. The first-order chi connectivity index (χ1) is 9.92. The monoisotopic (exact) mass is 288 g/mol. The first kappa shape index (κ1) is 13.7. The van der Waals surface area contributed by atoms with Crippen LogP contribution in [0.1, 0.15) is 24.3 Å². The largest absolute Gasteiger partial charge is 0.377 e. The maximum Gasteiger partial charge on any atom is 0.107 e. The van der Waals surface area contributed by atoms with Gasteiger partial charge < -0.3 is 10.1 Å². The van der Waals surface area contributed by atoms with E-state index in [-0.39, 0.29) is 0 Å². The number of rotatable bonds is 5. The van der Waals surface area contributed by atoms with Gasteiger partial charge in [-0.1, -0.05) is 30.3 Å². The van der Waals surface area contributed by atoms with Gasteiger partial charge in [0.05, 0.1) is 11.8 Å². The maximum absolute atomic E-state index is 5.71. The summed E-state index contributed by atoms with van der Waals surface area (Å²) in [6.45, 7) is 2.68. The van der Waals surface area contributed by atoms with Gasteiger partial charge >= 0.3 is 0 Å². The summed E-state index contributed by atoms with van der Waals surface area (Å²) in [7, 11) is 0. The van der Waals surface area contributed by atoms with Crippen LogP contribution >= 0.6 is 11.3 Å². The van der Waals surface area contributed by atoms with Gasteiger partial charge in [-0.05, 0) is 19.3 Å². The molecule has 1 unspecified atom stereocenters. The van der Waals surface area contributed by atoms with Gasteiger partial charge in [-0.3, -0.25) is 0 Å². The number of hydrogen-bond donors (Lipinski definition) is 1. The molecule has 2 aromatic rings. The molecule has 0 saturated carbocycles. The lowest BCUT2D eigenvalue weighted by Gasteiger charge is -2.22. The number of ether oxygens (including phenoxy) is 1. The van der Waals surface area contributed by atoms with Crippen molar-refractivity contribution >= 4 is 11.3 Å². The molecule has 3 nitrogen and oxygen atoms in total. The smallest absolute Gasteiger partial charge is 0.107 e. The van der Waals surface area contributed by atoms with Crippen molar-refractivity contribution in [3.05, 3.63) is 40.7 Å². The Morgan fingerprint density at radius 1 is 1.25 bits per heavy atom. The molecule has 0 bridgehead atoms. The fraction of sp³-hybridized carbons (Fsp3) is 0.438. The van der Waals surface area contributed by atoms with Gasteiger partial charge in [0.15, 0.2) is 0 Å². The molecule has 3 rings (SSSR count). The normalized spacial score (nSPS) is 19.1. The van der Waals surface area contributed by atoms with Gasteiger partial charge in [-0.2, -0.15) is 0 Å². The Kier molecular flexibility index (Phi) is 4.79. The summed E-state index contributed by atoms with van der Waals surface area (Å²) in [6, 6.07) is 10.3. The van der Waals surface area contributed by atoms with Gasteiger partial charge in [-0.15, -0.1) is 11.3 Å². The minimum absolute atomic E-state index is 0.386. The predicted octanol–water partition coefficient (Wildman–Crippen LogP) is 3.47. The molecular weight excluding hydrogens is 268 g/mol. The number of aromatic nitrogens is 1. The van der Waals surface area contributed by atoms with Crippen LogP contribution in [-0.2, 0) is 11.3 Å². The van der Waals surface area contributed by atoms with E-state index >= 15 is 0 Å². The van der Waals surface area contributed by atoms with E-state index in [1.165, 1.54) is 24.8 Å². The Labute approximate surface area is 124 Å². The highest BCUT2D eigenvalue weighted by Crippen LogP contribution is 2.21. The molecule has 1 aliphatic heterocycles. The van der Waals surface area contributed by atoms with E-state index in [0.29, 0.717) is 6.10 Å². The molecule has 20 heavy (non-hydrogen) atoms. The van der Waals surface area contributed by atoms with Gasteiger partial charge in [0, 0.05) is 30.6 Å². The molecule has 0 spiro atoms. The first-order valence-electron chi connectivity index (χ1n) is 7.24. The van der Waals surface area contributed by atoms with Crippen molar-refractivity contribution in [1.29, 1.82) is 0 Å². The number of nitrogens with zero attached hydrogens (tertiary/aromatic N) is 1. The maximum atomic E-state index is 5.71. The predicted molar refractivity (Wildman–Crippen MR) is 82.8 cm³/mol. The number of benzene rings is 1. The van der Waals surface area contributed by atoms with Crippen molar-refractivity contribution in [2.75, 3.05) is 13.2 Å². The van der Waals surface area contributed by atoms with Crippen molar-refractivity contribution in [1.82, 2.24) is 10.3 Å². The molecular formula is C16H20N2OS. The molecule has 2 heterocycles. The van der Waals surface area contributed by atoms with Gasteiger partial charge in [0.1, 0.15) is 5.01 Å². The number of hydrogen-bond acceptors (Lipinski definition) is 4. The van der Waals surface area contributed by atoms with Crippen LogP contribution in [-0.4, -0.2) is 24.2 Å². The lowest BCUT2D eigenvalue weighted by Crippen LogP contribution is -2.31. The van der Waals surface area contributed by atoms with Crippen molar-refractivity contribution in [2.45, 2.75) is 31.9 Å². The molecule has 1 atom stereocenters. The molecule has 1 aliphatic rings. The van der Waals surface area contributed by atoms with Crippen molar-refractivity contribution in [2.24, 2.45) is 0 Å². The summed E-state index contributed by atoms with van der Waals surface area (Å²) >= 11 is 1.72. The lowest BCUT2D eigenvalue weighted by atomic mass is 10.1. The molecule has 4 heteroatoms. The van der Waals surface area contributed by atoms with Crippen LogP contribution in [0.25, 0.3) is 11.3 Å². The molecule has 1 saturated heterocycles. The third-order valence-corrected chi connectivity index (χ3v) is 4.39. The Balaban J connectivity index is 1.50. The van der Waals surface area contributed by atoms with Gasteiger partial charge in [0.25, 0.3) is 0 Å². The summed E-state index contributed by atoms with van der Waals surface area (Å²) in [5, 5.41) is 6.73. The summed E-state index contributed by atoms with van der Waals surface area (Å²) in [5.74, 6) is 0. The quantitative estimate of drug-likeness (QED) is 0.915. The van der Waals surface area contributed by atoms with E-state index in [0.717, 1.165) is 30.4 Å². The van der Waals surface area contributed by atoms with Crippen LogP contribution in [0.15, 0.2) is 35.7 Å². The van der Waals surface area contributed by atoms with E-state index in [1.807, 2.05) is 18.2 Å². The Hall–Kier alpha value is -1.23. The van der Waals surface area contributed by atoms with Crippen LogP contribution in [0.4, 0.5) is 0 Å². The fourth-order valence-electron chi connectivity index (χ4n) is 2.44. The van der Waals surface area contributed by atoms with Crippen molar-refractivity contribution in [3.8, 4) is 11.3 Å². The standard InChI is InChI=1S/C16H20N2OS/c1-2-6-13(7-3-1)15-12-20-16(18-15)11-17-10-14-8-4-5-9-19-14/h1-3,6-7,12,14,17H,4-5,8-11H2. The Morgan fingerprint density at radius 3 is 2.95 bits per heavy atom. The van der Waals surface area contributed by atoms with Crippen LogP contribution in [0.5, 0.6) is 0 Å². The molecule has 1 aromatic carbocycles. The Morgan fingerprint density at radius 2 is 2.15 bits per heavy atom. The van der Waals surface area contributed by atoms with Crippen LogP contribution in [0.2, 0.25) is 0 Å². The average molecular weight is 288 g/mol. The van der Waals surface area contributed by atoms with Crippen LogP contribution < -0.4 is 5.32 Å². The SMILES string of the molecule is c1ccc(-c2csc(CNCC3CCCCO3)n2)cc1. The second kappa shape index (κ2) is 6.97. The third-order valence-electron chi connectivity index (χ3n) is 3.54. The highest BCUT2D eigenvalue weighted by molar-refractivity contribution is 7.09. The molecule has 1 aromatic heterocycles. The number of nitrogens with one attached hydrogen (secondary N) is 1. The number of thiazole rings is 1. The van der Waals surface area contributed by atoms with Crippen molar-refractivity contribution < 1.29 is 4.74 Å². The summed E-state index contributed by atoms with van der Waals surface area (Å²) in [5.41, 5.74) is 2.26. The second-order valence-corrected chi connectivity index (χ2v) is 6.05. The minimum atomic E-state index is 0.386. The average Bonchev–Trinajstić information content (AvgIpc) is 2.98. The highest BCUT2D eigenvalue weighted by Gasteiger charge is 2.13. The zero-order valence-electron chi connectivity index (χ0n) is 11.5. The van der Waals surface area contributed by atoms with E-state index < -0.39 is 0 Å².